The molecule has 0 fully saturated rings. The number of likely N-dealkylation sites (N-methyl/N-ethyl adjacent to an activating group) is 1. The van der Waals surface area contributed by atoms with Gasteiger partial charge in [0, 0.05) is 18.7 Å². The highest BCUT2D eigenvalue weighted by molar-refractivity contribution is 7.90. The third-order valence-corrected chi connectivity index (χ3v) is 6.66. The lowest BCUT2D eigenvalue weighted by atomic mass is 9.91. The summed E-state index contributed by atoms with van der Waals surface area (Å²) in [6.45, 7) is 0.101. The molecule has 0 aromatic carbocycles. The molecule has 0 unspecified atom stereocenters. The second kappa shape index (κ2) is 10.4. The van der Waals surface area contributed by atoms with Crippen LogP contribution >= 0.6 is 0 Å². The van der Waals surface area contributed by atoms with Crippen molar-refractivity contribution in [3.8, 4) is 0 Å². The van der Waals surface area contributed by atoms with Crippen molar-refractivity contribution in [1.29, 1.82) is 0 Å². The van der Waals surface area contributed by atoms with Crippen molar-refractivity contribution in [2.24, 2.45) is 0 Å². The fraction of sp³-hybridized carbons (Fsp3) is 0.812. The van der Waals surface area contributed by atoms with Gasteiger partial charge in [-0.3, -0.25) is 0 Å². The fourth-order valence-electron chi connectivity index (χ4n) is 2.29. The number of alkyl halides is 17. The number of carbonyl (C=O) groups is 1. The number of rotatable bonds is 13. The van der Waals surface area contributed by atoms with E-state index in [0.29, 0.717) is 6.92 Å². The number of esters is 1. The summed E-state index contributed by atoms with van der Waals surface area (Å²) >= 11 is 0. The Morgan fingerprint density at radius 2 is 1.03 bits per heavy atom. The minimum atomic E-state index is -8.91. The zero-order valence-electron chi connectivity index (χ0n) is 18.7. The van der Waals surface area contributed by atoms with Crippen molar-refractivity contribution in [1.82, 2.24) is 4.31 Å². The molecule has 0 N–H and O–H groups in total. The molecule has 232 valence electrons. The van der Waals surface area contributed by atoms with Gasteiger partial charge < -0.3 is 4.74 Å². The number of carbonyl (C=O) groups excluding carboxylic acids is 1. The summed E-state index contributed by atoms with van der Waals surface area (Å²) in [6.07, 6.45) is -7.91. The first-order chi connectivity index (χ1) is 16.8. The summed E-state index contributed by atoms with van der Waals surface area (Å²) in [7, 11) is -7.44. The molecule has 23 heteroatoms. The predicted molar refractivity (Wildman–Crippen MR) is 92.6 cm³/mol. The highest BCUT2D eigenvalue weighted by Gasteiger charge is 2.96. The third kappa shape index (κ3) is 5.35. The smallest absolute Gasteiger partial charge is 0.460 e. The largest absolute Gasteiger partial charge is 0.461 e. The first-order valence-electron chi connectivity index (χ1n) is 9.32. The highest BCUT2D eigenvalue weighted by Crippen LogP contribution is 2.64. The topological polar surface area (TPSA) is 63.7 Å². The number of halogens is 17. The molecule has 5 nitrogen and oxygen atoms in total. The molecule has 0 saturated carbocycles. The van der Waals surface area contributed by atoms with E-state index in [9.17, 15) is 87.8 Å². The number of hydrogen-bond acceptors (Lipinski definition) is 4. The van der Waals surface area contributed by atoms with Gasteiger partial charge in [0.15, 0.2) is 0 Å². The Kier molecular flexibility index (Phi) is 9.85. The van der Waals surface area contributed by atoms with Crippen molar-refractivity contribution in [2.45, 2.75) is 60.8 Å². The van der Waals surface area contributed by atoms with Gasteiger partial charge in [-0.25, -0.2) is 13.2 Å². The Bertz CT molecular complexity index is 1040. The van der Waals surface area contributed by atoms with Crippen LogP contribution in [0.15, 0.2) is 12.2 Å². The monoisotopic (exact) mass is 639 g/mol. The molecule has 0 aliphatic rings. The van der Waals surface area contributed by atoms with Gasteiger partial charge >= 0.3 is 52.9 Å². The van der Waals surface area contributed by atoms with Gasteiger partial charge in [0.05, 0.1) is 0 Å². The lowest BCUT2D eigenvalue weighted by Crippen LogP contribution is -2.75. The van der Waals surface area contributed by atoms with E-state index in [1.807, 2.05) is 0 Å². The Morgan fingerprint density at radius 1 is 0.692 bits per heavy atom. The summed E-state index contributed by atoms with van der Waals surface area (Å²) in [5.41, 5.74) is -0.409. The van der Waals surface area contributed by atoms with Gasteiger partial charge in [-0.1, -0.05) is 13.5 Å². The van der Waals surface area contributed by atoms with Crippen LogP contribution in [0.25, 0.3) is 0 Å². The van der Waals surface area contributed by atoms with Crippen LogP contribution in [0.5, 0.6) is 0 Å². The molecule has 0 aliphatic heterocycles. The van der Waals surface area contributed by atoms with Gasteiger partial charge in [0.1, 0.15) is 6.61 Å². The molecule has 0 atom stereocenters. The predicted octanol–water partition coefficient (Wildman–Crippen LogP) is 5.72. The zero-order chi connectivity index (χ0) is 32.1. The van der Waals surface area contributed by atoms with E-state index in [1.165, 1.54) is 0 Å². The molecular formula is C16H14F17NO4S. The summed E-state index contributed by atoms with van der Waals surface area (Å²) in [4.78, 5) is 11.2. The second-order valence-corrected chi connectivity index (χ2v) is 9.35. The first kappa shape index (κ1) is 36.9. The van der Waals surface area contributed by atoms with Crippen LogP contribution in [-0.2, 0) is 19.6 Å². The Balaban J connectivity index is 6.78. The fourth-order valence-corrected chi connectivity index (χ4v) is 3.72. The van der Waals surface area contributed by atoms with Gasteiger partial charge in [-0.15, -0.1) is 0 Å². The number of ether oxygens (including phenoxy) is 1. The standard InChI is InChI=1S/C16H14F17NO4S/c1-4-34(5-6-38-8(35)7(2)3)39(36,37)16(32,33)14(27,28)12(23,24)10(19,20)9(17,18)11(21,22)13(25,26)15(29,30)31/h2,4-6H2,1,3H3. The minimum Gasteiger partial charge on any atom is -0.461 e. The maximum absolute atomic E-state index is 14.2. The summed E-state index contributed by atoms with van der Waals surface area (Å²) < 4.78 is 254. The van der Waals surface area contributed by atoms with Crippen molar-refractivity contribution < 1.29 is 92.6 Å². The number of sulfonamides is 1. The highest BCUT2D eigenvalue weighted by atomic mass is 32.2. The normalized spacial score (nSPS) is 15.5. The zero-order valence-corrected chi connectivity index (χ0v) is 19.6. The van der Waals surface area contributed by atoms with Gasteiger partial charge in [0.25, 0.3) is 10.0 Å². The van der Waals surface area contributed by atoms with E-state index < -0.39 is 92.5 Å². The van der Waals surface area contributed by atoms with E-state index in [1.54, 1.807) is 0 Å². The lowest BCUT2D eigenvalue weighted by molar-refractivity contribution is -0.458. The Morgan fingerprint density at radius 3 is 1.33 bits per heavy atom. The molecule has 0 spiro atoms. The quantitative estimate of drug-likeness (QED) is 0.147. The molecule has 0 rings (SSSR count). The van der Waals surface area contributed by atoms with Crippen LogP contribution in [-0.4, -0.2) is 85.4 Å². The molecule has 0 radical (unpaired) electrons. The van der Waals surface area contributed by atoms with Crippen LogP contribution in [0.3, 0.4) is 0 Å². The van der Waals surface area contributed by atoms with Gasteiger partial charge in [0.2, 0.25) is 0 Å². The SMILES string of the molecule is C=C(C)C(=O)OCCN(CC)S(=O)(=O)C(F)(F)C(F)(F)C(F)(F)C(F)(F)C(F)(F)C(F)(F)C(F)(F)C(F)(F)F. The average Bonchev–Trinajstić information content (AvgIpc) is 2.74. The van der Waals surface area contributed by atoms with Crippen molar-refractivity contribution >= 4 is 16.0 Å². The van der Waals surface area contributed by atoms with Crippen molar-refractivity contribution in [2.75, 3.05) is 19.7 Å². The van der Waals surface area contributed by atoms with Crippen molar-refractivity contribution in [3.63, 3.8) is 0 Å². The number of hydrogen-bond donors (Lipinski definition) is 0. The van der Waals surface area contributed by atoms with E-state index in [0.717, 1.165) is 6.92 Å². The molecular weight excluding hydrogens is 625 g/mol. The summed E-state index contributed by atoms with van der Waals surface area (Å²) in [5.74, 6) is -53.4. The lowest BCUT2D eigenvalue weighted by Gasteiger charge is -2.43. The maximum atomic E-state index is 14.2. The molecule has 0 aromatic rings. The molecule has 0 aliphatic carbocycles. The van der Waals surface area contributed by atoms with Crippen LogP contribution < -0.4 is 0 Å². The third-order valence-electron chi connectivity index (χ3n) is 4.63. The van der Waals surface area contributed by atoms with Crippen molar-refractivity contribution in [3.05, 3.63) is 12.2 Å². The van der Waals surface area contributed by atoms with Crippen LogP contribution in [0, 0.1) is 0 Å². The number of nitrogens with zero attached hydrogens (tertiary/aromatic N) is 1. The van der Waals surface area contributed by atoms with Crippen LogP contribution in [0.1, 0.15) is 13.8 Å². The van der Waals surface area contributed by atoms with Gasteiger partial charge in [-0.05, 0) is 6.92 Å². The summed E-state index contributed by atoms with van der Waals surface area (Å²) in [5, 5.41) is -7.67. The molecule has 0 bridgehead atoms. The Labute approximate surface area is 206 Å². The first-order valence-corrected chi connectivity index (χ1v) is 10.8. The summed E-state index contributed by atoms with van der Waals surface area (Å²) in [6, 6.07) is 0. The van der Waals surface area contributed by atoms with E-state index in [-0.39, 0.29) is 0 Å². The molecule has 39 heavy (non-hydrogen) atoms. The van der Waals surface area contributed by atoms with E-state index >= 15 is 0 Å². The molecule has 0 saturated heterocycles. The molecule has 0 aromatic heterocycles. The van der Waals surface area contributed by atoms with Crippen LogP contribution in [0.4, 0.5) is 74.6 Å². The van der Waals surface area contributed by atoms with E-state index in [4.69, 9.17) is 0 Å². The van der Waals surface area contributed by atoms with Crippen LogP contribution in [0.2, 0.25) is 0 Å². The van der Waals surface area contributed by atoms with E-state index in [2.05, 4.69) is 11.3 Å². The minimum absolute atomic E-state index is 0.409. The maximum Gasteiger partial charge on any atom is 0.460 e. The average molecular weight is 639 g/mol. The van der Waals surface area contributed by atoms with Gasteiger partial charge in [-0.2, -0.15) is 78.9 Å². The molecule has 0 amide bonds. The Hall–Kier alpha value is -2.07. The molecule has 0 heterocycles. The second-order valence-electron chi connectivity index (χ2n) is 7.37.